The Labute approximate surface area is 123 Å². The van der Waals surface area contributed by atoms with Crippen LogP contribution >= 0.6 is 0 Å². The molecule has 0 aliphatic rings. The molecule has 1 aromatic carbocycles. The molecule has 0 saturated heterocycles. The van der Waals surface area contributed by atoms with Crippen LogP contribution in [0.2, 0.25) is 0 Å². The average Bonchev–Trinajstić information content (AvgIpc) is 2.74. The second kappa shape index (κ2) is 6.37. The molecule has 1 aromatic heterocycles. The second-order valence-corrected chi connectivity index (χ2v) is 4.91. The average molecular weight is 285 g/mol. The summed E-state index contributed by atoms with van der Waals surface area (Å²) in [6.07, 6.45) is 0.515. The number of amides is 1. The Hall–Kier alpha value is -2.40. The molecule has 0 unspecified atom stereocenters. The number of nitrogens with zero attached hydrogens (tertiary/aromatic N) is 2. The van der Waals surface area contributed by atoms with Gasteiger partial charge in [0.15, 0.2) is 0 Å². The lowest BCUT2D eigenvalue weighted by Gasteiger charge is -2.09. The van der Waals surface area contributed by atoms with E-state index in [-0.39, 0.29) is 0 Å². The van der Waals surface area contributed by atoms with Crippen LogP contribution < -0.4 is 5.43 Å². The van der Waals surface area contributed by atoms with Crippen molar-refractivity contribution in [1.82, 2.24) is 9.99 Å². The van der Waals surface area contributed by atoms with Crippen LogP contribution in [0, 0.1) is 13.8 Å². The summed E-state index contributed by atoms with van der Waals surface area (Å²) >= 11 is 0. The van der Waals surface area contributed by atoms with Gasteiger partial charge in [0.05, 0.1) is 6.21 Å². The molecule has 0 bridgehead atoms. The zero-order chi connectivity index (χ0) is 15.4. The van der Waals surface area contributed by atoms with E-state index in [9.17, 15) is 4.79 Å². The fourth-order valence-electron chi connectivity index (χ4n) is 2.15. The van der Waals surface area contributed by atoms with Gasteiger partial charge in [0, 0.05) is 22.6 Å². The summed E-state index contributed by atoms with van der Waals surface area (Å²) in [6.45, 7) is 5.41. The molecule has 5 nitrogen and oxygen atoms in total. The third-order valence-corrected chi connectivity index (χ3v) is 3.24. The van der Waals surface area contributed by atoms with Crippen LogP contribution in [0.25, 0.3) is 5.69 Å². The Bertz CT molecular complexity index is 658. The van der Waals surface area contributed by atoms with E-state index in [4.69, 9.17) is 5.11 Å². The van der Waals surface area contributed by atoms with Crippen LogP contribution in [-0.2, 0) is 4.79 Å². The summed E-state index contributed by atoms with van der Waals surface area (Å²) in [6, 6.07) is 12.0. The van der Waals surface area contributed by atoms with Crippen molar-refractivity contribution in [1.29, 1.82) is 0 Å². The number of carbonyl (C=O) groups is 1. The van der Waals surface area contributed by atoms with Gasteiger partial charge in [-0.1, -0.05) is 18.2 Å². The van der Waals surface area contributed by atoms with Crippen LogP contribution in [0.15, 0.2) is 41.5 Å². The predicted molar refractivity (Wildman–Crippen MR) is 82.7 cm³/mol. The molecular formula is C16H19N3O2. The summed E-state index contributed by atoms with van der Waals surface area (Å²) in [4.78, 5) is 11.2. The number of hydrogen-bond donors (Lipinski definition) is 2. The fourth-order valence-corrected chi connectivity index (χ4v) is 2.15. The van der Waals surface area contributed by atoms with Gasteiger partial charge in [-0.15, -0.1) is 0 Å². The minimum absolute atomic E-state index is 0.525. The van der Waals surface area contributed by atoms with E-state index in [1.165, 1.54) is 6.92 Å². The quantitative estimate of drug-likeness (QED) is 0.666. The monoisotopic (exact) mass is 285 g/mol. The number of hydrazone groups is 1. The number of hydrogen-bond acceptors (Lipinski definition) is 3. The van der Waals surface area contributed by atoms with E-state index in [1.54, 1.807) is 6.21 Å². The molecular weight excluding hydrogens is 266 g/mol. The maximum atomic E-state index is 11.2. The lowest BCUT2D eigenvalue weighted by atomic mass is 10.2. The van der Waals surface area contributed by atoms with Gasteiger partial charge in [-0.05, 0) is 39.0 Å². The summed E-state index contributed by atoms with van der Waals surface area (Å²) in [5, 5.41) is 13.0. The van der Waals surface area contributed by atoms with Gasteiger partial charge in [-0.2, -0.15) is 5.10 Å². The van der Waals surface area contributed by atoms with E-state index < -0.39 is 12.0 Å². The van der Waals surface area contributed by atoms with Crippen LogP contribution in [0.1, 0.15) is 23.9 Å². The van der Waals surface area contributed by atoms with Crippen LogP contribution in [-0.4, -0.2) is 27.9 Å². The van der Waals surface area contributed by atoms with Crippen molar-refractivity contribution in [3.8, 4) is 5.69 Å². The normalized spacial score (nSPS) is 12.6. The number of carbonyl (C=O) groups excluding carboxylic acids is 1. The molecule has 0 spiro atoms. The molecule has 0 saturated carbocycles. The van der Waals surface area contributed by atoms with E-state index in [2.05, 4.69) is 15.1 Å². The number of aliphatic hydroxyl groups is 1. The molecule has 1 atom stereocenters. The van der Waals surface area contributed by atoms with E-state index in [1.807, 2.05) is 50.2 Å². The fraction of sp³-hybridized carbons (Fsp3) is 0.250. The van der Waals surface area contributed by atoms with Crippen LogP contribution in [0.3, 0.4) is 0 Å². The van der Waals surface area contributed by atoms with E-state index in [0.717, 1.165) is 22.6 Å². The zero-order valence-corrected chi connectivity index (χ0v) is 12.4. The molecule has 0 aliphatic carbocycles. The molecule has 0 fully saturated rings. The first-order valence-electron chi connectivity index (χ1n) is 6.76. The molecule has 110 valence electrons. The van der Waals surface area contributed by atoms with Crippen LogP contribution in [0.4, 0.5) is 0 Å². The van der Waals surface area contributed by atoms with Crippen molar-refractivity contribution in [2.45, 2.75) is 26.9 Å². The highest BCUT2D eigenvalue weighted by molar-refractivity contribution is 5.85. The lowest BCUT2D eigenvalue weighted by Crippen LogP contribution is -2.28. The van der Waals surface area contributed by atoms with Crippen molar-refractivity contribution in [2.75, 3.05) is 0 Å². The van der Waals surface area contributed by atoms with Crippen molar-refractivity contribution in [3.63, 3.8) is 0 Å². The first kappa shape index (κ1) is 15.0. The largest absolute Gasteiger partial charge is 0.383 e. The highest BCUT2D eigenvalue weighted by Crippen LogP contribution is 2.19. The molecule has 21 heavy (non-hydrogen) atoms. The third-order valence-electron chi connectivity index (χ3n) is 3.24. The number of aromatic nitrogens is 1. The first-order chi connectivity index (χ1) is 10.0. The Morgan fingerprint density at radius 3 is 2.62 bits per heavy atom. The number of aliphatic hydroxyl groups excluding tert-OH is 1. The predicted octanol–water partition coefficient (Wildman–Crippen LogP) is 1.93. The van der Waals surface area contributed by atoms with Gasteiger partial charge >= 0.3 is 0 Å². The van der Waals surface area contributed by atoms with Gasteiger partial charge in [-0.3, -0.25) is 4.79 Å². The maximum Gasteiger partial charge on any atom is 0.268 e. The molecule has 0 aliphatic heterocycles. The first-order valence-corrected chi connectivity index (χ1v) is 6.76. The molecule has 1 heterocycles. The number of benzene rings is 1. The molecule has 5 heteroatoms. The second-order valence-electron chi connectivity index (χ2n) is 4.91. The molecule has 2 rings (SSSR count). The van der Waals surface area contributed by atoms with E-state index in [0.29, 0.717) is 0 Å². The van der Waals surface area contributed by atoms with Gasteiger partial charge < -0.3 is 9.67 Å². The van der Waals surface area contributed by atoms with Crippen molar-refractivity contribution >= 4 is 12.1 Å². The lowest BCUT2D eigenvalue weighted by molar-refractivity contribution is -0.128. The highest BCUT2D eigenvalue weighted by atomic mass is 16.3. The standard InChI is InChI=1S/C16H19N3O2/c1-11-9-14(10-17-18-16(21)13(3)20)12(2)19(11)15-7-5-4-6-8-15/h4-10,13,20H,1-3H3,(H,18,21)/b17-10-/t13-/m0/s1. The number of aryl methyl sites for hydroxylation is 1. The van der Waals surface area contributed by atoms with E-state index >= 15 is 0 Å². The topological polar surface area (TPSA) is 66.6 Å². The van der Waals surface area contributed by atoms with Crippen LogP contribution in [0.5, 0.6) is 0 Å². The van der Waals surface area contributed by atoms with Crippen molar-refractivity contribution < 1.29 is 9.90 Å². The van der Waals surface area contributed by atoms with Gasteiger partial charge in [0.1, 0.15) is 6.10 Å². The minimum Gasteiger partial charge on any atom is -0.383 e. The van der Waals surface area contributed by atoms with Crippen molar-refractivity contribution in [2.24, 2.45) is 5.10 Å². The Morgan fingerprint density at radius 2 is 2.00 bits per heavy atom. The van der Waals surface area contributed by atoms with Gasteiger partial charge in [0.25, 0.3) is 5.91 Å². The number of nitrogens with one attached hydrogen (secondary N) is 1. The number of rotatable bonds is 4. The summed E-state index contributed by atoms with van der Waals surface area (Å²) in [7, 11) is 0. The van der Waals surface area contributed by atoms with Gasteiger partial charge in [-0.25, -0.2) is 5.43 Å². The van der Waals surface area contributed by atoms with Crippen molar-refractivity contribution in [3.05, 3.63) is 53.3 Å². The summed E-state index contributed by atoms with van der Waals surface area (Å²) < 4.78 is 2.12. The number of para-hydroxylation sites is 1. The molecule has 2 aromatic rings. The Morgan fingerprint density at radius 1 is 1.33 bits per heavy atom. The zero-order valence-electron chi connectivity index (χ0n) is 12.4. The highest BCUT2D eigenvalue weighted by Gasteiger charge is 2.10. The molecule has 2 N–H and O–H groups in total. The molecule has 1 amide bonds. The molecule has 0 radical (unpaired) electrons. The Kier molecular flexibility index (Phi) is 4.55. The maximum absolute atomic E-state index is 11.2. The Balaban J connectivity index is 2.24. The third kappa shape index (κ3) is 3.38. The minimum atomic E-state index is -1.07. The summed E-state index contributed by atoms with van der Waals surface area (Å²) in [5.41, 5.74) is 6.42. The summed E-state index contributed by atoms with van der Waals surface area (Å²) in [5.74, 6) is -0.525. The smallest absolute Gasteiger partial charge is 0.268 e. The SMILES string of the molecule is Cc1cc(/C=N\NC(=O)[C@H](C)O)c(C)n1-c1ccccc1. The van der Waals surface area contributed by atoms with Gasteiger partial charge in [0.2, 0.25) is 0 Å².